The van der Waals surface area contributed by atoms with E-state index in [1.165, 1.54) is 42.8 Å². The molecule has 0 radical (unpaired) electrons. The third-order valence-corrected chi connectivity index (χ3v) is 7.09. The molecule has 172 valence electrons. The number of amides is 1. The summed E-state index contributed by atoms with van der Waals surface area (Å²) in [6, 6.07) is 5.85. The maximum atomic E-state index is 13.2. The first-order chi connectivity index (χ1) is 15.8. The second-order valence-corrected chi connectivity index (χ2v) is 8.99. The van der Waals surface area contributed by atoms with Crippen LogP contribution >= 0.6 is 34.5 Å². The molecule has 1 fully saturated rings. The molecule has 3 heterocycles. The van der Waals surface area contributed by atoms with Crippen LogP contribution in [0.25, 0.3) is 5.76 Å². The van der Waals surface area contributed by atoms with Crippen molar-refractivity contribution in [2.24, 2.45) is 0 Å². The van der Waals surface area contributed by atoms with E-state index in [1.54, 1.807) is 12.1 Å². The van der Waals surface area contributed by atoms with Gasteiger partial charge in [0.05, 0.1) is 43.2 Å². The largest absolute Gasteiger partial charge is 0.507 e. The van der Waals surface area contributed by atoms with Crippen LogP contribution in [-0.4, -0.2) is 35.9 Å². The summed E-state index contributed by atoms with van der Waals surface area (Å²) >= 11 is 14.1. The molecular weight excluding hydrogens is 489 g/mol. The van der Waals surface area contributed by atoms with Crippen LogP contribution in [0, 0.1) is 6.92 Å². The summed E-state index contributed by atoms with van der Waals surface area (Å²) in [5.74, 6) is -1.30. The Bertz CT molecular complexity index is 1260. The number of carbonyl (C=O) groups is 2. The van der Waals surface area contributed by atoms with E-state index >= 15 is 0 Å². The van der Waals surface area contributed by atoms with Gasteiger partial charge in [0.1, 0.15) is 22.6 Å². The number of ketones is 1. The third-order valence-electron chi connectivity index (χ3n) is 5.39. The Kier molecular flexibility index (Phi) is 6.43. The smallest absolute Gasteiger partial charge is 0.296 e. The Hall–Kier alpha value is -2.94. The molecule has 7 nitrogen and oxygen atoms in total. The molecule has 1 N–H and O–H groups in total. The molecule has 4 rings (SSSR count). The molecule has 0 aliphatic carbocycles. The first kappa shape index (κ1) is 23.2. The molecule has 0 bridgehead atoms. The second kappa shape index (κ2) is 9.13. The lowest BCUT2D eigenvalue weighted by Crippen LogP contribution is -2.28. The van der Waals surface area contributed by atoms with E-state index < -0.39 is 23.5 Å². The number of aliphatic hydroxyl groups is 1. The summed E-state index contributed by atoms with van der Waals surface area (Å²) in [4.78, 5) is 28.4. The van der Waals surface area contributed by atoms with E-state index in [-0.39, 0.29) is 39.2 Å². The lowest BCUT2D eigenvalue weighted by Gasteiger charge is -2.24. The molecule has 1 aliphatic heterocycles. The molecule has 0 saturated carbocycles. The maximum absolute atomic E-state index is 13.2. The highest BCUT2D eigenvalue weighted by molar-refractivity contribution is 7.10. The highest BCUT2D eigenvalue weighted by atomic mass is 35.5. The first-order valence-electron chi connectivity index (χ1n) is 9.75. The van der Waals surface area contributed by atoms with Crippen molar-refractivity contribution in [3.05, 3.63) is 73.3 Å². The van der Waals surface area contributed by atoms with Crippen molar-refractivity contribution in [1.82, 2.24) is 4.90 Å². The second-order valence-electron chi connectivity index (χ2n) is 7.26. The zero-order valence-electron chi connectivity index (χ0n) is 17.8. The highest BCUT2D eigenvalue weighted by Crippen LogP contribution is 2.48. The topological polar surface area (TPSA) is 89.2 Å². The van der Waals surface area contributed by atoms with Crippen LogP contribution in [0.15, 0.2) is 45.9 Å². The van der Waals surface area contributed by atoms with Crippen LogP contribution in [0.1, 0.15) is 27.8 Å². The number of hydrogen-bond acceptors (Lipinski definition) is 7. The molecule has 1 amide bonds. The standard InChI is InChI=1S/C23H19Cl2NO6S/c1-11-6-8-33-22(11)17-15(19(28)23(29)26(17)10-12-5-4-7-32-12)18(27)13-9-14(24)21(31-3)16(25)20(13)30-2/h4-9,17,27H,10H2,1-3H3/b18-15+. The Labute approximate surface area is 203 Å². The summed E-state index contributed by atoms with van der Waals surface area (Å²) in [5, 5.41) is 13.4. The van der Waals surface area contributed by atoms with Crippen molar-refractivity contribution in [3.8, 4) is 11.5 Å². The maximum Gasteiger partial charge on any atom is 0.296 e. The van der Waals surface area contributed by atoms with Crippen LogP contribution in [0.5, 0.6) is 11.5 Å². The van der Waals surface area contributed by atoms with Crippen LogP contribution in [-0.2, 0) is 16.1 Å². The minimum Gasteiger partial charge on any atom is -0.507 e. The number of benzene rings is 1. The van der Waals surface area contributed by atoms with Crippen molar-refractivity contribution >= 4 is 52.0 Å². The molecule has 1 unspecified atom stereocenters. The van der Waals surface area contributed by atoms with Crippen molar-refractivity contribution in [2.45, 2.75) is 19.5 Å². The van der Waals surface area contributed by atoms with E-state index in [0.29, 0.717) is 5.76 Å². The average Bonchev–Trinajstić information content (AvgIpc) is 3.50. The van der Waals surface area contributed by atoms with Gasteiger partial charge in [0, 0.05) is 4.88 Å². The van der Waals surface area contributed by atoms with Crippen molar-refractivity contribution < 1.29 is 28.6 Å². The molecule has 2 aromatic heterocycles. The van der Waals surface area contributed by atoms with Crippen molar-refractivity contribution in [3.63, 3.8) is 0 Å². The van der Waals surface area contributed by atoms with E-state index in [9.17, 15) is 14.7 Å². The minimum absolute atomic E-state index is 0.0303. The number of methoxy groups -OCH3 is 2. The van der Waals surface area contributed by atoms with Gasteiger partial charge in [-0.1, -0.05) is 23.2 Å². The molecule has 0 spiro atoms. The zero-order chi connectivity index (χ0) is 23.9. The van der Waals surface area contributed by atoms with Crippen LogP contribution in [0.4, 0.5) is 0 Å². The number of halogens is 2. The normalized spacial score (nSPS) is 17.6. The van der Waals surface area contributed by atoms with Gasteiger partial charge in [0.25, 0.3) is 11.7 Å². The number of aliphatic hydroxyl groups excluding tert-OH is 1. The Morgan fingerprint density at radius 3 is 2.52 bits per heavy atom. The lowest BCUT2D eigenvalue weighted by molar-refractivity contribution is -0.140. The van der Waals surface area contributed by atoms with Gasteiger partial charge in [-0.05, 0) is 42.1 Å². The Balaban J connectivity index is 1.95. The van der Waals surface area contributed by atoms with Gasteiger partial charge < -0.3 is 23.9 Å². The van der Waals surface area contributed by atoms with Crippen LogP contribution in [0.2, 0.25) is 10.0 Å². The van der Waals surface area contributed by atoms with Gasteiger partial charge in [0.2, 0.25) is 0 Å². The predicted molar refractivity (Wildman–Crippen MR) is 125 cm³/mol. The van der Waals surface area contributed by atoms with Gasteiger partial charge in [-0.3, -0.25) is 9.59 Å². The predicted octanol–water partition coefficient (Wildman–Crippen LogP) is 5.60. The Morgan fingerprint density at radius 2 is 1.94 bits per heavy atom. The fourth-order valence-electron chi connectivity index (χ4n) is 3.84. The number of aryl methyl sites for hydroxylation is 1. The van der Waals surface area contributed by atoms with Gasteiger partial charge in [-0.15, -0.1) is 11.3 Å². The SMILES string of the molecule is COc1c(Cl)cc(/C(O)=C2\C(=O)C(=O)N(Cc3ccco3)C2c2sccc2C)c(OC)c1Cl. The lowest BCUT2D eigenvalue weighted by atomic mass is 9.97. The molecular formula is C23H19Cl2NO6S. The molecule has 33 heavy (non-hydrogen) atoms. The molecule has 1 saturated heterocycles. The summed E-state index contributed by atoms with van der Waals surface area (Å²) in [5.41, 5.74) is 0.858. The number of thiophene rings is 1. The summed E-state index contributed by atoms with van der Waals surface area (Å²) in [7, 11) is 2.76. The van der Waals surface area contributed by atoms with Crippen LogP contribution in [0.3, 0.4) is 0 Å². The number of hydrogen-bond donors (Lipinski definition) is 1. The Morgan fingerprint density at radius 1 is 1.21 bits per heavy atom. The molecule has 1 aliphatic rings. The summed E-state index contributed by atoms with van der Waals surface area (Å²) < 4.78 is 16.0. The molecule has 10 heteroatoms. The van der Waals surface area contributed by atoms with Gasteiger partial charge in [-0.25, -0.2) is 0 Å². The number of likely N-dealkylation sites (tertiary alicyclic amines) is 1. The number of nitrogens with zero attached hydrogens (tertiary/aromatic N) is 1. The molecule has 3 aromatic rings. The number of ether oxygens (including phenoxy) is 2. The number of rotatable bonds is 6. The molecule has 1 aromatic carbocycles. The van der Waals surface area contributed by atoms with E-state index in [4.69, 9.17) is 37.1 Å². The fourth-order valence-corrected chi connectivity index (χ4v) is 5.58. The van der Waals surface area contributed by atoms with Gasteiger partial charge in [-0.2, -0.15) is 0 Å². The van der Waals surface area contributed by atoms with E-state index in [2.05, 4.69) is 0 Å². The van der Waals surface area contributed by atoms with Crippen LogP contribution < -0.4 is 9.47 Å². The quantitative estimate of drug-likeness (QED) is 0.265. The first-order valence-corrected chi connectivity index (χ1v) is 11.4. The monoisotopic (exact) mass is 507 g/mol. The van der Waals surface area contributed by atoms with Crippen molar-refractivity contribution in [1.29, 1.82) is 0 Å². The summed E-state index contributed by atoms with van der Waals surface area (Å²) in [6.07, 6.45) is 1.49. The number of furan rings is 1. The molecule has 1 atom stereocenters. The highest BCUT2D eigenvalue weighted by Gasteiger charge is 2.47. The zero-order valence-corrected chi connectivity index (χ0v) is 20.2. The minimum atomic E-state index is -0.834. The van der Waals surface area contributed by atoms with Gasteiger partial charge >= 0.3 is 0 Å². The third kappa shape index (κ3) is 3.88. The summed E-state index contributed by atoms with van der Waals surface area (Å²) in [6.45, 7) is 1.93. The fraction of sp³-hybridized carbons (Fsp3) is 0.217. The number of Topliss-reactive ketones (excluding diaryl/α,β-unsaturated/α-hetero) is 1. The van der Waals surface area contributed by atoms with Gasteiger partial charge in [0.15, 0.2) is 11.5 Å². The van der Waals surface area contributed by atoms with Crippen molar-refractivity contribution in [2.75, 3.05) is 14.2 Å². The average molecular weight is 508 g/mol. The van der Waals surface area contributed by atoms with E-state index in [0.717, 1.165) is 10.4 Å². The van der Waals surface area contributed by atoms with E-state index in [1.807, 2.05) is 18.4 Å². The number of carbonyl (C=O) groups excluding carboxylic acids is 2.